The van der Waals surface area contributed by atoms with Crippen LogP contribution in [0.1, 0.15) is 33.1 Å². The van der Waals surface area contributed by atoms with Crippen LogP contribution in [0.3, 0.4) is 0 Å². The largest absolute Gasteiger partial charge is 0.356 e. The fourth-order valence-corrected chi connectivity index (χ4v) is 1.79. The molecular formula is C15H26N4O. The molecule has 0 radical (unpaired) electrons. The molecule has 1 unspecified atom stereocenters. The summed E-state index contributed by atoms with van der Waals surface area (Å²) < 4.78 is 1.74. The van der Waals surface area contributed by atoms with Gasteiger partial charge in [0.2, 0.25) is 5.56 Å². The minimum Gasteiger partial charge on any atom is -0.356 e. The summed E-state index contributed by atoms with van der Waals surface area (Å²) >= 11 is 0. The number of rotatable bonds is 7. The number of aliphatic imine (C=N–C) groups is 1. The van der Waals surface area contributed by atoms with Gasteiger partial charge >= 0.3 is 0 Å². The summed E-state index contributed by atoms with van der Waals surface area (Å²) in [4.78, 5) is 15.7. The molecule has 5 nitrogen and oxygen atoms in total. The van der Waals surface area contributed by atoms with Gasteiger partial charge in [-0.2, -0.15) is 0 Å². The Hall–Kier alpha value is -1.78. The number of unbranched alkanes of at least 4 members (excludes halogenated alkanes) is 1. The monoisotopic (exact) mass is 278 g/mol. The molecule has 1 rings (SSSR count). The maximum Gasteiger partial charge on any atom is 0.250 e. The van der Waals surface area contributed by atoms with E-state index in [1.54, 1.807) is 23.7 Å². The third kappa shape index (κ3) is 5.91. The van der Waals surface area contributed by atoms with Crippen molar-refractivity contribution in [2.75, 3.05) is 13.6 Å². The lowest BCUT2D eigenvalue weighted by atomic mass is 10.2. The molecule has 0 aromatic carbocycles. The summed E-state index contributed by atoms with van der Waals surface area (Å²) in [6.07, 6.45) is 4.87. The van der Waals surface area contributed by atoms with E-state index in [9.17, 15) is 4.79 Å². The average molecular weight is 278 g/mol. The fraction of sp³-hybridized carbons (Fsp3) is 0.600. The third-order valence-corrected chi connectivity index (χ3v) is 3.24. The van der Waals surface area contributed by atoms with Gasteiger partial charge in [0.15, 0.2) is 5.96 Å². The summed E-state index contributed by atoms with van der Waals surface area (Å²) in [6.45, 7) is 5.90. The van der Waals surface area contributed by atoms with Crippen LogP contribution in [0, 0.1) is 0 Å². The lowest BCUT2D eigenvalue weighted by Gasteiger charge is -2.16. The molecule has 5 heteroatoms. The maximum atomic E-state index is 11.5. The first-order valence-electron chi connectivity index (χ1n) is 7.30. The van der Waals surface area contributed by atoms with E-state index in [0.717, 1.165) is 38.3 Å². The SMILES string of the molecule is CCC(C)NC(=NC)NCCCCn1ccccc1=O. The quantitative estimate of drug-likeness (QED) is 0.452. The van der Waals surface area contributed by atoms with E-state index in [-0.39, 0.29) is 5.56 Å². The summed E-state index contributed by atoms with van der Waals surface area (Å²) in [6, 6.07) is 5.67. The molecule has 20 heavy (non-hydrogen) atoms. The van der Waals surface area contributed by atoms with Crippen molar-refractivity contribution in [1.82, 2.24) is 15.2 Å². The van der Waals surface area contributed by atoms with Crippen LogP contribution in [0.2, 0.25) is 0 Å². The Morgan fingerprint density at radius 3 is 2.85 bits per heavy atom. The molecule has 1 aromatic heterocycles. The van der Waals surface area contributed by atoms with Crippen molar-refractivity contribution >= 4 is 5.96 Å². The molecule has 2 N–H and O–H groups in total. The van der Waals surface area contributed by atoms with Crippen LogP contribution in [-0.4, -0.2) is 30.2 Å². The number of pyridine rings is 1. The maximum absolute atomic E-state index is 11.5. The molecule has 112 valence electrons. The molecule has 0 aliphatic heterocycles. The van der Waals surface area contributed by atoms with Gasteiger partial charge in [0.25, 0.3) is 0 Å². The van der Waals surface area contributed by atoms with E-state index in [1.165, 1.54) is 0 Å². The molecule has 0 amide bonds. The second-order valence-corrected chi connectivity index (χ2v) is 4.89. The molecule has 0 spiro atoms. The molecular weight excluding hydrogens is 252 g/mol. The lowest BCUT2D eigenvalue weighted by molar-refractivity contribution is 0.578. The standard InChI is InChI=1S/C15H26N4O/c1-4-13(2)18-15(16-3)17-10-6-8-12-19-11-7-5-9-14(19)20/h5,7,9,11,13H,4,6,8,10,12H2,1-3H3,(H2,16,17,18). The number of aryl methyl sites for hydroxylation is 1. The van der Waals surface area contributed by atoms with Crippen LogP contribution in [0.4, 0.5) is 0 Å². The van der Waals surface area contributed by atoms with E-state index in [1.807, 2.05) is 12.3 Å². The van der Waals surface area contributed by atoms with Gasteiger partial charge in [-0.15, -0.1) is 0 Å². The highest BCUT2D eigenvalue weighted by molar-refractivity contribution is 5.79. The van der Waals surface area contributed by atoms with Gasteiger partial charge in [-0.1, -0.05) is 13.0 Å². The normalized spacial score (nSPS) is 13.1. The number of nitrogens with zero attached hydrogens (tertiary/aromatic N) is 2. The van der Waals surface area contributed by atoms with Crippen LogP contribution in [-0.2, 0) is 6.54 Å². The topological polar surface area (TPSA) is 58.4 Å². The minimum atomic E-state index is 0.0645. The van der Waals surface area contributed by atoms with E-state index in [2.05, 4.69) is 29.5 Å². The van der Waals surface area contributed by atoms with Crippen LogP contribution >= 0.6 is 0 Å². The van der Waals surface area contributed by atoms with Gasteiger partial charge < -0.3 is 15.2 Å². The van der Waals surface area contributed by atoms with E-state index >= 15 is 0 Å². The van der Waals surface area contributed by atoms with Gasteiger partial charge in [0.05, 0.1) is 0 Å². The van der Waals surface area contributed by atoms with Gasteiger partial charge in [0.1, 0.15) is 0 Å². The molecule has 1 atom stereocenters. The Labute approximate surface area is 121 Å². The highest BCUT2D eigenvalue weighted by Crippen LogP contribution is 1.92. The zero-order valence-corrected chi connectivity index (χ0v) is 12.7. The second kappa shape index (κ2) is 9.18. The molecule has 0 aliphatic rings. The first kappa shape index (κ1) is 16.3. The predicted molar refractivity (Wildman–Crippen MR) is 84.2 cm³/mol. The first-order chi connectivity index (χ1) is 9.67. The summed E-state index contributed by atoms with van der Waals surface area (Å²) in [7, 11) is 1.78. The van der Waals surface area contributed by atoms with Crippen molar-refractivity contribution in [3.05, 3.63) is 34.7 Å². The summed E-state index contributed by atoms with van der Waals surface area (Å²) in [5.74, 6) is 0.844. The van der Waals surface area contributed by atoms with Crippen molar-refractivity contribution < 1.29 is 0 Å². The van der Waals surface area contributed by atoms with Crippen LogP contribution in [0.5, 0.6) is 0 Å². The van der Waals surface area contributed by atoms with Gasteiger partial charge in [-0.25, -0.2) is 0 Å². The summed E-state index contributed by atoms with van der Waals surface area (Å²) in [5.41, 5.74) is 0.0645. The fourth-order valence-electron chi connectivity index (χ4n) is 1.79. The Morgan fingerprint density at radius 2 is 2.20 bits per heavy atom. The van der Waals surface area contributed by atoms with E-state index < -0.39 is 0 Å². The highest BCUT2D eigenvalue weighted by Gasteiger charge is 2.01. The molecule has 0 saturated heterocycles. The Kier molecular flexibility index (Phi) is 7.47. The zero-order chi connectivity index (χ0) is 14.8. The van der Waals surface area contributed by atoms with Gasteiger partial charge in [-0.05, 0) is 32.3 Å². The van der Waals surface area contributed by atoms with Crippen molar-refractivity contribution in [3.8, 4) is 0 Å². The van der Waals surface area contributed by atoms with Gasteiger partial charge in [0, 0.05) is 38.4 Å². The predicted octanol–water partition coefficient (Wildman–Crippen LogP) is 1.59. The average Bonchev–Trinajstić information content (AvgIpc) is 2.47. The molecule has 1 aromatic rings. The number of aromatic nitrogens is 1. The Balaban J connectivity index is 2.21. The third-order valence-electron chi connectivity index (χ3n) is 3.24. The Morgan fingerprint density at radius 1 is 1.40 bits per heavy atom. The molecule has 0 aliphatic carbocycles. The highest BCUT2D eigenvalue weighted by atomic mass is 16.1. The number of nitrogens with one attached hydrogen (secondary N) is 2. The number of guanidine groups is 1. The summed E-state index contributed by atoms with van der Waals surface area (Å²) in [5, 5.41) is 6.60. The van der Waals surface area contributed by atoms with Crippen LogP contribution in [0.15, 0.2) is 34.2 Å². The van der Waals surface area contributed by atoms with Gasteiger partial charge in [-0.3, -0.25) is 9.79 Å². The van der Waals surface area contributed by atoms with Crippen LogP contribution < -0.4 is 16.2 Å². The first-order valence-corrected chi connectivity index (χ1v) is 7.30. The lowest BCUT2D eigenvalue weighted by Crippen LogP contribution is -2.42. The number of hydrogen-bond acceptors (Lipinski definition) is 2. The molecule has 1 heterocycles. The van der Waals surface area contributed by atoms with Crippen molar-refractivity contribution in [3.63, 3.8) is 0 Å². The smallest absolute Gasteiger partial charge is 0.250 e. The van der Waals surface area contributed by atoms with Crippen molar-refractivity contribution in [2.24, 2.45) is 4.99 Å². The molecule has 0 saturated carbocycles. The zero-order valence-electron chi connectivity index (χ0n) is 12.7. The minimum absolute atomic E-state index is 0.0645. The van der Waals surface area contributed by atoms with Crippen molar-refractivity contribution in [1.29, 1.82) is 0 Å². The van der Waals surface area contributed by atoms with E-state index in [0.29, 0.717) is 6.04 Å². The van der Waals surface area contributed by atoms with Crippen LogP contribution in [0.25, 0.3) is 0 Å². The second-order valence-electron chi connectivity index (χ2n) is 4.89. The Bertz CT molecular complexity index is 467. The molecule has 0 fully saturated rings. The van der Waals surface area contributed by atoms with E-state index in [4.69, 9.17) is 0 Å². The molecule has 0 bridgehead atoms. The number of hydrogen-bond donors (Lipinski definition) is 2. The van der Waals surface area contributed by atoms with Crippen molar-refractivity contribution in [2.45, 2.75) is 45.7 Å².